The Morgan fingerprint density at radius 1 is 0.643 bits per heavy atom. The van der Waals surface area contributed by atoms with Crippen LogP contribution in [0.2, 0.25) is 10.0 Å². The highest BCUT2D eigenvalue weighted by molar-refractivity contribution is 6.36. The second kappa shape index (κ2) is 9.68. The van der Waals surface area contributed by atoms with Crippen molar-refractivity contribution in [2.75, 3.05) is 0 Å². The zero-order valence-electron chi connectivity index (χ0n) is 16.0. The molecule has 3 rings (SSSR count). The molecule has 0 heterocycles. The van der Waals surface area contributed by atoms with Crippen molar-refractivity contribution in [2.24, 2.45) is 9.98 Å². The summed E-state index contributed by atoms with van der Waals surface area (Å²) in [7, 11) is 0. The molecule has 0 N–H and O–H groups in total. The van der Waals surface area contributed by atoms with Gasteiger partial charge in [-0.25, -0.2) is 0 Å². The first kappa shape index (κ1) is 20.3. The molecule has 4 heteroatoms. The second-order valence-electron chi connectivity index (χ2n) is 6.45. The summed E-state index contributed by atoms with van der Waals surface area (Å²) >= 11 is 12.9. The van der Waals surface area contributed by atoms with E-state index in [2.05, 4.69) is 48.1 Å². The van der Waals surface area contributed by atoms with Gasteiger partial charge >= 0.3 is 0 Å². The Kier molecular flexibility index (Phi) is 7.02. The number of benzene rings is 3. The summed E-state index contributed by atoms with van der Waals surface area (Å²) in [6.07, 6.45) is 5.49. The number of hydrogen-bond acceptors (Lipinski definition) is 2. The lowest BCUT2D eigenvalue weighted by Crippen LogP contribution is -1.90. The third kappa shape index (κ3) is 5.31. The fourth-order valence-corrected chi connectivity index (χ4v) is 3.14. The maximum Gasteiger partial charge on any atom is 0.0630 e. The fraction of sp³-hybridized carbons (Fsp3) is 0.167. The minimum Gasteiger partial charge on any atom is -0.256 e. The van der Waals surface area contributed by atoms with E-state index in [9.17, 15) is 0 Å². The highest BCUT2D eigenvalue weighted by Crippen LogP contribution is 2.25. The first-order valence-electron chi connectivity index (χ1n) is 9.34. The molecule has 3 aromatic rings. The lowest BCUT2D eigenvalue weighted by Gasteiger charge is -2.04. The van der Waals surface area contributed by atoms with Gasteiger partial charge in [-0.05, 0) is 60.4 Å². The van der Waals surface area contributed by atoms with E-state index in [1.54, 1.807) is 12.4 Å². The topological polar surface area (TPSA) is 24.7 Å². The molecule has 0 aromatic heterocycles. The van der Waals surface area contributed by atoms with Crippen LogP contribution in [0.1, 0.15) is 36.1 Å². The van der Waals surface area contributed by atoms with Crippen LogP contribution in [0, 0.1) is 0 Å². The number of aliphatic imine (C=N–C) groups is 2. The molecule has 142 valence electrons. The first-order valence-corrected chi connectivity index (χ1v) is 10.1. The van der Waals surface area contributed by atoms with E-state index in [1.165, 1.54) is 11.1 Å². The number of rotatable bonds is 6. The number of aryl methyl sites for hydroxylation is 2. The van der Waals surface area contributed by atoms with Gasteiger partial charge in [0, 0.05) is 23.6 Å². The monoisotopic (exact) mass is 408 g/mol. The van der Waals surface area contributed by atoms with Gasteiger partial charge < -0.3 is 0 Å². The van der Waals surface area contributed by atoms with Gasteiger partial charge in [0.2, 0.25) is 0 Å². The standard InChI is InChI=1S/C24H22Cl2N2/c1-3-17-5-9-21(10-6-17)27-15-19-13-24(26)20(14-23(19)25)16-28-22-11-7-18(4-2)8-12-22/h5-16H,3-4H2,1-2H3. The van der Waals surface area contributed by atoms with Gasteiger partial charge in [-0.1, -0.05) is 61.3 Å². The fourth-order valence-electron chi connectivity index (χ4n) is 2.70. The Bertz CT molecular complexity index is 905. The molecule has 0 atom stereocenters. The van der Waals surface area contributed by atoms with Gasteiger partial charge in [0.1, 0.15) is 0 Å². The Labute approximate surface area is 176 Å². The highest BCUT2D eigenvalue weighted by Gasteiger charge is 2.05. The Morgan fingerprint density at radius 2 is 1.00 bits per heavy atom. The minimum atomic E-state index is 0.584. The van der Waals surface area contributed by atoms with E-state index in [4.69, 9.17) is 23.2 Å². The molecule has 0 saturated heterocycles. The van der Waals surface area contributed by atoms with E-state index >= 15 is 0 Å². The Hall–Kier alpha value is -2.42. The minimum absolute atomic E-state index is 0.584. The maximum absolute atomic E-state index is 6.43. The molecule has 0 aliphatic carbocycles. The molecule has 0 aliphatic heterocycles. The zero-order valence-corrected chi connectivity index (χ0v) is 17.5. The van der Waals surface area contributed by atoms with Crippen molar-refractivity contribution in [1.82, 2.24) is 0 Å². The van der Waals surface area contributed by atoms with Gasteiger partial charge in [-0.3, -0.25) is 9.98 Å². The molecular formula is C24H22Cl2N2. The van der Waals surface area contributed by atoms with Crippen molar-refractivity contribution in [3.05, 3.63) is 93.0 Å². The molecule has 0 fully saturated rings. The van der Waals surface area contributed by atoms with Crippen LogP contribution in [0.25, 0.3) is 0 Å². The van der Waals surface area contributed by atoms with Crippen LogP contribution in [-0.2, 0) is 12.8 Å². The highest BCUT2D eigenvalue weighted by atomic mass is 35.5. The number of nitrogens with zero attached hydrogens (tertiary/aromatic N) is 2. The molecule has 3 aromatic carbocycles. The van der Waals surface area contributed by atoms with Crippen molar-refractivity contribution in [1.29, 1.82) is 0 Å². The molecule has 0 saturated carbocycles. The van der Waals surface area contributed by atoms with Crippen molar-refractivity contribution in [3.8, 4) is 0 Å². The van der Waals surface area contributed by atoms with E-state index in [0.717, 1.165) is 35.3 Å². The molecule has 28 heavy (non-hydrogen) atoms. The Morgan fingerprint density at radius 3 is 1.32 bits per heavy atom. The zero-order chi connectivity index (χ0) is 19.9. The average Bonchev–Trinajstić information content (AvgIpc) is 2.73. The van der Waals surface area contributed by atoms with Gasteiger partial charge in [0.05, 0.1) is 21.4 Å². The molecule has 0 spiro atoms. The molecular weight excluding hydrogens is 387 g/mol. The molecule has 0 bridgehead atoms. The molecule has 0 aliphatic rings. The predicted octanol–water partition coefficient (Wildman–Crippen LogP) is 7.62. The quantitative estimate of drug-likeness (QED) is 0.374. The van der Waals surface area contributed by atoms with Crippen LogP contribution in [0.4, 0.5) is 11.4 Å². The SMILES string of the molecule is CCc1ccc(N=Cc2cc(Cl)c(C=Nc3ccc(CC)cc3)cc2Cl)cc1. The van der Waals surface area contributed by atoms with Crippen molar-refractivity contribution in [3.63, 3.8) is 0 Å². The molecule has 0 unspecified atom stereocenters. The van der Waals surface area contributed by atoms with Crippen LogP contribution >= 0.6 is 23.2 Å². The maximum atomic E-state index is 6.43. The van der Waals surface area contributed by atoms with Gasteiger partial charge in [-0.2, -0.15) is 0 Å². The number of hydrogen-bond donors (Lipinski definition) is 0. The number of halogens is 2. The summed E-state index contributed by atoms with van der Waals surface area (Å²) in [4.78, 5) is 8.98. The third-order valence-corrected chi connectivity index (χ3v) is 5.17. The normalized spacial score (nSPS) is 11.6. The van der Waals surface area contributed by atoms with Crippen molar-refractivity contribution < 1.29 is 0 Å². The van der Waals surface area contributed by atoms with Crippen LogP contribution < -0.4 is 0 Å². The summed E-state index contributed by atoms with van der Waals surface area (Å²) < 4.78 is 0. The van der Waals surface area contributed by atoms with Crippen LogP contribution in [0.5, 0.6) is 0 Å². The molecule has 0 radical (unpaired) electrons. The second-order valence-corrected chi connectivity index (χ2v) is 7.27. The lowest BCUT2D eigenvalue weighted by molar-refractivity contribution is 1.14. The van der Waals surface area contributed by atoms with Crippen LogP contribution in [0.3, 0.4) is 0 Å². The third-order valence-electron chi connectivity index (χ3n) is 4.51. The van der Waals surface area contributed by atoms with Crippen LogP contribution in [-0.4, -0.2) is 12.4 Å². The van der Waals surface area contributed by atoms with E-state index in [1.807, 2.05) is 36.4 Å². The van der Waals surface area contributed by atoms with Crippen molar-refractivity contribution in [2.45, 2.75) is 26.7 Å². The molecule has 0 amide bonds. The lowest BCUT2D eigenvalue weighted by atomic mass is 10.1. The average molecular weight is 409 g/mol. The molecule has 2 nitrogen and oxygen atoms in total. The van der Waals surface area contributed by atoms with Gasteiger partial charge in [0.15, 0.2) is 0 Å². The first-order chi connectivity index (χ1) is 13.6. The smallest absolute Gasteiger partial charge is 0.0630 e. The largest absolute Gasteiger partial charge is 0.256 e. The predicted molar refractivity (Wildman–Crippen MR) is 123 cm³/mol. The van der Waals surface area contributed by atoms with E-state index in [-0.39, 0.29) is 0 Å². The summed E-state index contributed by atoms with van der Waals surface area (Å²) in [5.41, 5.74) is 5.88. The Balaban J connectivity index is 1.77. The van der Waals surface area contributed by atoms with Crippen LogP contribution in [0.15, 0.2) is 70.6 Å². The summed E-state index contributed by atoms with van der Waals surface area (Å²) in [5, 5.41) is 1.17. The van der Waals surface area contributed by atoms with E-state index in [0.29, 0.717) is 10.0 Å². The van der Waals surface area contributed by atoms with Gasteiger partial charge in [0.25, 0.3) is 0 Å². The summed E-state index contributed by atoms with van der Waals surface area (Å²) in [5.74, 6) is 0. The summed E-state index contributed by atoms with van der Waals surface area (Å²) in [6, 6.07) is 19.9. The van der Waals surface area contributed by atoms with Crippen molar-refractivity contribution >= 4 is 47.0 Å². The van der Waals surface area contributed by atoms with E-state index < -0.39 is 0 Å². The van der Waals surface area contributed by atoms with Gasteiger partial charge in [-0.15, -0.1) is 0 Å². The summed E-state index contributed by atoms with van der Waals surface area (Å²) in [6.45, 7) is 4.26.